The number of phosphoric acid groups is 1. The van der Waals surface area contributed by atoms with Crippen LogP contribution in [-0.2, 0) is 23.1 Å². The van der Waals surface area contributed by atoms with Crippen molar-refractivity contribution in [2.75, 3.05) is 47.5 Å². The number of nitrogens with zero attached hydrogens (tertiary/aromatic N) is 1. The molecule has 8 nitrogen and oxygen atoms in total. The summed E-state index contributed by atoms with van der Waals surface area (Å²) < 4.78 is 27.0. The number of quaternary nitrogens is 1. The van der Waals surface area contributed by atoms with Crippen molar-refractivity contribution in [2.45, 2.75) is 103 Å². The summed E-state index contributed by atoms with van der Waals surface area (Å²) in [5, 5.41) is 9.82. The van der Waals surface area contributed by atoms with Crippen LogP contribution in [0.2, 0.25) is 0 Å². The number of esters is 1. The summed E-state index contributed by atoms with van der Waals surface area (Å²) in [7, 11) is 1.55. The average molecular weight is 523 g/mol. The highest BCUT2D eigenvalue weighted by Crippen LogP contribution is 2.43. The molecule has 0 aliphatic heterocycles. The van der Waals surface area contributed by atoms with Crippen LogP contribution in [0.1, 0.15) is 96.8 Å². The smallest absolute Gasteiger partial charge is 0.463 e. The Morgan fingerprint density at radius 2 is 1.40 bits per heavy atom. The molecular formula is C26H53NO7P+. The molecule has 0 bridgehead atoms. The molecular weight excluding hydrogens is 469 g/mol. The molecule has 0 aromatic heterocycles. The van der Waals surface area contributed by atoms with Crippen LogP contribution >= 0.6 is 7.82 Å². The summed E-state index contributed by atoms with van der Waals surface area (Å²) in [6.07, 6.45) is 19.3. The number of phosphoric ester groups is 1. The summed E-state index contributed by atoms with van der Waals surface area (Å²) in [5.41, 5.74) is 0. The third-order valence-electron chi connectivity index (χ3n) is 5.53. The van der Waals surface area contributed by atoms with Crippen LogP contribution < -0.4 is 0 Å². The molecule has 0 aliphatic carbocycles. The zero-order valence-electron chi connectivity index (χ0n) is 22.8. The van der Waals surface area contributed by atoms with Gasteiger partial charge in [-0.1, -0.05) is 70.4 Å². The van der Waals surface area contributed by atoms with Gasteiger partial charge in [0.1, 0.15) is 25.9 Å². The quantitative estimate of drug-likeness (QED) is 0.0546. The molecule has 2 atom stereocenters. The first-order valence-electron chi connectivity index (χ1n) is 13.5. The number of ether oxygens (including phenoxy) is 1. The summed E-state index contributed by atoms with van der Waals surface area (Å²) in [4.78, 5) is 21.4. The zero-order valence-corrected chi connectivity index (χ0v) is 23.7. The van der Waals surface area contributed by atoms with E-state index in [1.807, 2.05) is 21.1 Å². The Kier molecular flexibility index (Phi) is 20.9. The van der Waals surface area contributed by atoms with Crippen molar-refractivity contribution in [3.8, 4) is 0 Å². The van der Waals surface area contributed by atoms with Crippen molar-refractivity contribution in [2.24, 2.45) is 0 Å². The molecule has 0 heterocycles. The van der Waals surface area contributed by atoms with E-state index in [4.69, 9.17) is 13.8 Å². The lowest BCUT2D eigenvalue weighted by atomic mass is 10.1. The minimum absolute atomic E-state index is 0.0524. The van der Waals surface area contributed by atoms with E-state index in [2.05, 4.69) is 19.1 Å². The number of carbonyl (C=O) groups is 1. The number of carbonyl (C=O) groups excluding carboxylic acids is 1. The fourth-order valence-electron chi connectivity index (χ4n) is 3.30. The van der Waals surface area contributed by atoms with Gasteiger partial charge in [-0.3, -0.25) is 13.8 Å². The van der Waals surface area contributed by atoms with Gasteiger partial charge in [0.2, 0.25) is 0 Å². The Bertz CT molecular complexity index is 593. The topological polar surface area (TPSA) is 102 Å². The van der Waals surface area contributed by atoms with E-state index in [-0.39, 0.29) is 19.6 Å². The van der Waals surface area contributed by atoms with Crippen LogP contribution in [-0.4, -0.2) is 74.1 Å². The molecule has 0 aliphatic rings. The highest BCUT2D eigenvalue weighted by atomic mass is 31.2. The third kappa shape index (κ3) is 26.1. The Balaban J connectivity index is 3.61. The van der Waals surface area contributed by atoms with E-state index >= 15 is 0 Å². The maximum atomic E-state index is 11.8. The second-order valence-corrected chi connectivity index (χ2v) is 11.7. The number of hydrogen-bond donors (Lipinski definition) is 2. The summed E-state index contributed by atoms with van der Waals surface area (Å²) in [6.45, 7) is 2.10. The minimum Gasteiger partial charge on any atom is -0.463 e. The van der Waals surface area contributed by atoms with Crippen molar-refractivity contribution < 1.29 is 37.6 Å². The molecule has 0 amide bonds. The Labute approximate surface area is 214 Å². The van der Waals surface area contributed by atoms with Crippen LogP contribution in [0.25, 0.3) is 0 Å². The van der Waals surface area contributed by atoms with Gasteiger partial charge in [0.15, 0.2) is 0 Å². The molecule has 0 fully saturated rings. The van der Waals surface area contributed by atoms with Crippen LogP contribution in [0.15, 0.2) is 12.2 Å². The van der Waals surface area contributed by atoms with Gasteiger partial charge >= 0.3 is 13.8 Å². The fraction of sp³-hybridized carbons (Fsp3) is 0.885. The molecule has 0 spiro atoms. The van der Waals surface area contributed by atoms with Gasteiger partial charge in [-0.05, 0) is 32.1 Å². The number of hydrogen-bond acceptors (Lipinski definition) is 6. The van der Waals surface area contributed by atoms with E-state index in [1.165, 1.54) is 57.8 Å². The number of allylic oxidation sites excluding steroid dienone is 2. The lowest BCUT2D eigenvalue weighted by Crippen LogP contribution is -2.37. The van der Waals surface area contributed by atoms with Crippen LogP contribution in [0, 0.1) is 0 Å². The van der Waals surface area contributed by atoms with Crippen molar-refractivity contribution in [1.29, 1.82) is 0 Å². The second-order valence-electron chi connectivity index (χ2n) is 10.3. The minimum atomic E-state index is -4.24. The van der Waals surface area contributed by atoms with Crippen molar-refractivity contribution in [1.82, 2.24) is 0 Å². The molecule has 35 heavy (non-hydrogen) atoms. The van der Waals surface area contributed by atoms with Crippen molar-refractivity contribution in [3.05, 3.63) is 12.2 Å². The number of likely N-dealkylation sites (N-methyl/N-ethyl adjacent to an activating group) is 1. The van der Waals surface area contributed by atoms with Gasteiger partial charge < -0.3 is 19.2 Å². The second kappa shape index (κ2) is 21.3. The normalized spacial score (nSPS) is 14.8. The molecule has 9 heteroatoms. The first kappa shape index (κ1) is 34.2. The highest BCUT2D eigenvalue weighted by molar-refractivity contribution is 7.47. The standard InChI is InChI=1S/C26H52NO7P/c1-5-6-7-8-9-10-11-12-13-14-15-16-17-18-19-20-26(29)32-23-25(28)24-34-35(30,31)33-22-21-27(2,3)4/h15-16,25,28H,5-14,17-24H2,1-4H3/p+1/b16-15-/t25-/m1/s1. The maximum absolute atomic E-state index is 11.8. The summed E-state index contributed by atoms with van der Waals surface area (Å²) >= 11 is 0. The van der Waals surface area contributed by atoms with Gasteiger partial charge in [-0.15, -0.1) is 0 Å². The van der Waals surface area contributed by atoms with Gasteiger partial charge in [-0.25, -0.2) is 4.57 Å². The van der Waals surface area contributed by atoms with Crippen LogP contribution in [0.3, 0.4) is 0 Å². The van der Waals surface area contributed by atoms with Gasteiger partial charge in [0.25, 0.3) is 0 Å². The zero-order chi connectivity index (χ0) is 26.4. The number of aliphatic hydroxyl groups excluding tert-OH is 1. The highest BCUT2D eigenvalue weighted by Gasteiger charge is 2.24. The lowest BCUT2D eigenvalue weighted by Gasteiger charge is -2.24. The average Bonchev–Trinajstić information content (AvgIpc) is 2.78. The third-order valence-corrected chi connectivity index (χ3v) is 6.51. The largest absolute Gasteiger partial charge is 0.472 e. The lowest BCUT2D eigenvalue weighted by molar-refractivity contribution is -0.870. The number of unbranched alkanes of at least 4 members (excludes halogenated alkanes) is 11. The molecule has 0 radical (unpaired) electrons. The first-order valence-corrected chi connectivity index (χ1v) is 15.0. The fourth-order valence-corrected chi connectivity index (χ4v) is 4.04. The summed E-state index contributed by atoms with van der Waals surface area (Å²) in [5.74, 6) is -0.394. The Morgan fingerprint density at radius 1 is 0.857 bits per heavy atom. The van der Waals surface area contributed by atoms with Crippen molar-refractivity contribution in [3.63, 3.8) is 0 Å². The molecule has 2 N–H and O–H groups in total. The van der Waals surface area contributed by atoms with E-state index in [0.717, 1.165) is 25.7 Å². The molecule has 0 aromatic carbocycles. The molecule has 0 rings (SSSR count). The Morgan fingerprint density at radius 3 is 1.97 bits per heavy atom. The molecule has 0 aromatic rings. The number of aliphatic hydroxyl groups is 1. The van der Waals surface area contributed by atoms with E-state index < -0.39 is 26.5 Å². The molecule has 0 saturated heterocycles. The molecule has 0 saturated carbocycles. The predicted octanol–water partition coefficient (Wildman–Crippen LogP) is 5.77. The molecule has 1 unspecified atom stereocenters. The molecule has 208 valence electrons. The van der Waals surface area contributed by atoms with Gasteiger partial charge in [0, 0.05) is 6.42 Å². The number of rotatable bonds is 24. The Hall–Kier alpha value is -0.760. The maximum Gasteiger partial charge on any atom is 0.472 e. The van der Waals surface area contributed by atoms with E-state index in [0.29, 0.717) is 11.0 Å². The monoisotopic (exact) mass is 522 g/mol. The van der Waals surface area contributed by atoms with E-state index in [1.54, 1.807) is 0 Å². The van der Waals surface area contributed by atoms with Gasteiger partial charge in [-0.2, -0.15) is 0 Å². The van der Waals surface area contributed by atoms with E-state index in [9.17, 15) is 19.4 Å². The summed E-state index contributed by atoms with van der Waals surface area (Å²) in [6, 6.07) is 0. The first-order chi connectivity index (χ1) is 16.6. The van der Waals surface area contributed by atoms with Crippen LogP contribution in [0.5, 0.6) is 0 Å². The predicted molar refractivity (Wildman–Crippen MR) is 141 cm³/mol. The van der Waals surface area contributed by atoms with Crippen molar-refractivity contribution >= 4 is 13.8 Å². The van der Waals surface area contributed by atoms with Crippen LogP contribution in [0.4, 0.5) is 0 Å². The van der Waals surface area contributed by atoms with Gasteiger partial charge in [0.05, 0.1) is 27.7 Å². The SMILES string of the molecule is CCCCCCCCCCC/C=C\CCCCC(=O)OC[C@@H](O)COP(=O)(O)OCC[N+](C)(C)C.